The lowest BCUT2D eigenvalue weighted by Gasteiger charge is -2.27. The van der Waals surface area contributed by atoms with E-state index in [1.165, 1.54) is 0 Å². The van der Waals surface area contributed by atoms with Gasteiger partial charge in [0.05, 0.1) is 16.6 Å². The van der Waals surface area contributed by atoms with Gasteiger partial charge in [0, 0.05) is 30.5 Å². The quantitative estimate of drug-likeness (QED) is 0.819. The third-order valence-corrected chi connectivity index (χ3v) is 4.17. The number of hydrogen-bond donors (Lipinski definition) is 0. The van der Waals surface area contributed by atoms with Gasteiger partial charge < -0.3 is 9.47 Å². The van der Waals surface area contributed by atoms with Crippen molar-refractivity contribution in [3.8, 4) is 0 Å². The largest absolute Gasteiger partial charge is 0.353 e. The van der Waals surface area contributed by atoms with Crippen LogP contribution >= 0.6 is 23.2 Å². The number of aryl methyl sites for hydroxylation is 1. The van der Waals surface area contributed by atoms with Gasteiger partial charge in [-0.15, -0.1) is 0 Å². The molecule has 1 aromatic carbocycles. The molecule has 0 bridgehead atoms. The SMILES string of the molecule is CC(C)N(Cc1cccn1C)C(=O)c1ccc(Cl)c(Cl)c1. The molecule has 0 atom stereocenters. The Morgan fingerprint density at radius 2 is 1.95 bits per heavy atom. The number of nitrogens with zero attached hydrogens (tertiary/aromatic N) is 2. The van der Waals surface area contributed by atoms with Gasteiger partial charge in [-0.25, -0.2) is 0 Å². The number of rotatable bonds is 4. The van der Waals surface area contributed by atoms with Crippen LogP contribution in [0.4, 0.5) is 0 Å². The summed E-state index contributed by atoms with van der Waals surface area (Å²) in [6.45, 7) is 4.55. The van der Waals surface area contributed by atoms with Gasteiger partial charge in [-0.1, -0.05) is 23.2 Å². The third-order valence-electron chi connectivity index (χ3n) is 3.43. The zero-order valence-electron chi connectivity index (χ0n) is 12.3. The van der Waals surface area contributed by atoms with Crippen molar-refractivity contribution < 1.29 is 4.79 Å². The highest BCUT2D eigenvalue weighted by molar-refractivity contribution is 6.42. The van der Waals surface area contributed by atoms with Gasteiger partial charge in [-0.2, -0.15) is 0 Å². The normalized spacial score (nSPS) is 11.0. The van der Waals surface area contributed by atoms with Crippen LogP contribution in [0.1, 0.15) is 29.9 Å². The van der Waals surface area contributed by atoms with Crippen molar-refractivity contribution in [3.05, 3.63) is 57.8 Å². The van der Waals surface area contributed by atoms with E-state index >= 15 is 0 Å². The molecular formula is C16H18Cl2N2O. The molecule has 112 valence electrons. The van der Waals surface area contributed by atoms with Crippen molar-refractivity contribution in [2.75, 3.05) is 0 Å². The second-order valence-corrected chi connectivity index (χ2v) is 6.08. The highest BCUT2D eigenvalue weighted by Gasteiger charge is 2.20. The molecular weight excluding hydrogens is 307 g/mol. The molecule has 0 aliphatic heterocycles. The smallest absolute Gasteiger partial charge is 0.254 e. The van der Waals surface area contributed by atoms with Crippen LogP contribution in [0.3, 0.4) is 0 Å². The van der Waals surface area contributed by atoms with E-state index in [0.717, 1.165) is 5.69 Å². The highest BCUT2D eigenvalue weighted by Crippen LogP contribution is 2.24. The fraction of sp³-hybridized carbons (Fsp3) is 0.312. The van der Waals surface area contributed by atoms with Crippen LogP contribution in [0, 0.1) is 0 Å². The molecule has 3 nitrogen and oxygen atoms in total. The van der Waals surface area contributed by atoms with E-state index in [-0.39, 0.29) is 11.9 Å². The second kappa shape index (κ2) is 6.54. The average Bonchev–Trinajstić information content (AvgIpc) is 2.83. The van der Waals surface area contributed by atoms with Gasteiger partial charge in [0.15, 0.2) is 0 Å². The monoisotopic (exact) mass is 324 g/mol. The molecule has 0 radical (unpaired) electrons. The van der Waals surface area contributed by atoms with Crippen LogP contribution < -0.4 is 0 Å². The molecule has 0 aliphatic carbocycles. The zero-order chi connectivity index (χ0) is 15.6. The topological polar surface area (TPSA) is 25.2 Å². The maximum Gasteiger partial charge on any atom is 0.254 e. The Balaban J connectivity index is 2.27. The van der Waals surface area contributed by atoms with Crippen LogP contribution in [0.2, 0.25) is 10.0 Å². The summed E-state index contributed by atoms with van der Waals surface area (Å²) >= 11 is 11.9. The Hall–Kier alpha value is -1.45. The van der Waals surface area contributed by atoms with E-state index in [4.69, 9.17) is 23.2 Å². The Labute approximate surface area is 135 Å². The maximum atomic E-state index is 12.7. The summed E-state index contributed by atoms with van der Waals surface area (Å²) in [6, 6.07) is 9.04. The molecule has 1 amide bonds. The number of benzene rings is 1. The number of amides is 1. The first kappa shape index (κ1) is 15.9. The number of carbonyl (C=O) groups excluding carboxylic acids is 1. The maximum absolute atomic E-state index is 12.7. The average molecular weight is 325 g/mol. The van der Waals surface area contributed by atoms with E-state index in [9.17, 15) is 4.79 Å². The van der Waals surface area contributed by atoms with Crippen LogP contribution in [0.5, 0.6) is 0 Å². The summed E-state index contributed by atoms with van der Waals surface area (Å²) in [5.41, 5.74) is 1.63. The van der Waals surface area contributed by atoms with Gasteiger partial charge in [-0.3, -0.25) is 4.79 Å². The summed E-state index contributed by atoms with van der Waals surface area (Å²) in [6.07, 6.45) is 1.97. The molecule has 0 N–H and O–H groups in total. The first-order valence-electron chi connectivity index (χ1n) is 6.76. The van der Waals surface area contributed by atoms with E-state index in [0.29, 0.717) is 22.2 Å². The predicted molar refractivity (Wildman–Crippen MR) is 86.9 cm³/mol. The minimum atomic E-state index is -0.0511. The van der Waals surface area contributed by atoms with Crippen molar-refractivity contribution in [1.29, 1.82) is 0 Å². The van der Waals surface area contributed by atoms with E-state index in [1.807, 2.05) is 48.7 Å². The molecule has 1 heterocycles. The zero-order valence-corrected chi connectivity index (χ0v) is 13.8. The first-order valence-corrected chi connectivity index (χ1v) is 7.52. The van der Waals surface area contributed by atoms with Gasteiger partial charge in [0.25, 0.3) is 5.91 Å². The minimum Gasteiger partial charge on any atom is -0.353 e. The second-order valence-electron chi connectivity index (χ2n) is 5.27. The standard InChI is InChI=1S/C16H18Cl2N2O/c1-11(2)20(10-13-5-4-8-19(13)3)16(21)12-6-7-14(17)15(18)9-12/h4-9,11H,10H2,1-3H3. The van der Waals surface area contributed by atoms with E-state index in [2.05, 4.69) is 0 Å². The Morgan fingerprint density at radius 3 is 2.48 bits per heavy atom. The van der Waals surface area contributed by atoms with Crippen molar-refractivity contribution in [1.82, 2.24) is 9.47 Å². The van der Waals surface area contributed by atoms with E-state index in [1.54, 1.807) is 18.2 Å². The lowest BCUT2D eigenvalue weighted by atomic mass is 10.1. The van der Waals surface area contributed by atoms with Crippen LogP contribution in [-0.2, 0) is 13.6 Å². The fourth-order valence-corrected chi connectivity index (χ4v) is 2.42. The number of carbonyl (C=O) groups is 1. The molecule has 0 saturated heterocycles. The molecule has 0 spiro atoms. The molecule has 0 fully saturated rings. The van der Waals surface area contributed by atoms with Crippen molar-refractivity contribution in [2.24, 2.45) is 7.05 Å². The summed E-state index contributed by atoms with van der Waals surface area (Å²) < 4.78 is 2.01. The molecule has 21 heavy (non-hydrogen) atoms. The van der Waals surface area contributed by atoms with Gasteiger partial charge in [-0.05, 0) is 44.2 Å². The Kier molecular flexibility index (Phi) is 4.96. The number of aromatic nitrogens is 1. The molecule has 1 aromatic heterocycles. The van der Waals surface area contributed by atoms with Crippen LogP contribution in [-0.4, -0.2) is 21.4 Å². The lowest BCUT2D eigenvalue weighted by Crippen LogP contribution is -2.36. The van der Waals surface area contributed by atoms with Gasteiger partial charge in [0.2, 0.25) is 0 Å². The molecule has 0 unspecified atom stereocenters. The van der Waals surface area contributed by atoms with Crippen molar-refractivity contribution in [2.45, 2.75) is 26.4 Å². The van der Waals surface area contributed by atoms with Crippen LogP contribution in [0.25, 0.3) is 0 Å². The molecule has 0 aliphatic rings. The van der Waals surface area contributed by atoms with E-state index < -0.39 is 0 Å². The Morgan fingerprint density at radius 1 is 1.24 bits per heavy atom. The summed E-state index contributed by atoms with van der Waals surface area (Å²) in [5.74, 6) is -0.0511. The van der Waals surface area contributed by atoms with Crippen molar-refractivity contribution in [3.63, 3.8) is 0 Å². The first-order chi connectivity index (χ1) is 9.90. The van der Waals surface area contributed by atoms with Gasteiger partial charge >= 0.3 is 0 Å². The van der Waals surface area contributed by atoms with Crippen molar-refractivity contribution >= 4 is 29.1 Å². The number of hydrogen-bond acceptors (Lipinski definition) is 1. The number of halogens is 2. The van der Waals surface area contributed by atoms with Gasteiger partial charge in [0.1, 0.15) is 0 Å². The molecule has 2 rings (SSSR count). The molecule has 5 heteroatoms. The molecule has 0 saturated carbocycles. The summed E-state index contributed by atoms with van der Waals surface area (Å²) in [4.78, 5) is 14.5. The van der Waals surface area contributed by atoms with Crippen LogP contribution in [0.15, 0.2) is 36.5 Å². The Bertz CT molecular complexity index is 649. The lowest BCUT2D eigenvalue weighted by molar-refractivity contribution is 0.0686. The minimum absolute atomic E-state index is 0.0511. The predicted octanol–water partition coefficient (Wildman–Crippen LogP) is 4.38. The third kappa shape index (κ3) is 3.60. The fourth-order valence-electron chi connectivity index (χ4n) is 2.12. The summed E-state index contributed by atoms with van der Waals surface area (Å²) in [7, 11) is 1.97. The molecule has 2 aromatic rings. The summed E-state index contributed by atoms with van der Waals surface area (Å²) in [5, 5.41) is 0.844. The highest BCUT2D eigenvalue weighted by atomic mass is 35.5.